The van der Waals surface area contributed by atoms with Gasteiger partial charge in [-0.2, -0.15) is 0 Å². The van der Waals surface area contributed by atoms with Crippen LogP contribution in [0.4, 0.5) is 0 Å². The van der Waals surface area contributed by atoms with Gasteiger partial charge >= 0.3 is 5.97 Å². The van der Waals surface area contributed by atoms with Gasteiger partial charge in [0.15, 0.2) is 0 Å². The van der Waals surface area contributed by atoms with Gasteiger partial charge in [0.25, 0.3) is 0 Å². The minimum absolute atomic E-state index is 0.0338. The summed E-state index contributed by atoms with van der Waals surface area (Å²) in [6.07, 6.45) is 3.27. The highest BCUT2D eigenvalue weighted by atomic mass is 16.5. The van der Waals surface area contributed by atoms with Gasteiger partial charge in [0.1, 0.15) is 12.2 Å². The molecule has 0 saturated carbocycles. The van der Waals surface area contributed by atoms with Crippen molar-refractivity contribution in [3.63, 3.8) is 0 Å². The molecule has 1 atom stereocenters. The molecule has 2 heterocycles. The van der Waals surface area contributed by atoms with Crippen molar-refractivity contribution >= 4 is 5.97 Å². The van der Waals surface area contributed by atoms with Gasteiger partial charge in [0.05, 0.1) is 13.0 Å². The number of rotatable bonds is 1. The fourth-order valence-corrected chi connectivity index (χ4v) is 1.62. The lowest BCUT2D eigenvalue weighted by molar-refractivity contribution is -0.146. The topological polar surface area (TPSA) is 57.0 Å². The Morgan fingerprint density at radius 2 is 2.62 bits per heavy atom. The molecule has 5 heteroatoms. The van der Waals surface area contributed by atoms with Crippen LogP contribution in [0.25, 0.3) is 0 Å². The van der Waals surface area contributed by atoms with Gasteiger partial charge in [-0.1, -0.05) is 0 Å². The number of aromatic nitrogens is 3. The second-order valence-electron chi connectivity index (χ2n) is 3.16. The molecule has 0 fully saturated rings. The van der Waals surface area contributed by atoms with Crippen LogP contribution in [-0.4, -0.2) is 27.8 Å². The molecule has 0 bridgehead atoms. The molecule has 0 aromatic carbocycles. The number of nitrogens with zero attached hydrogens (tertiary/aromatic N) is 3. The molecule has 1 aliphatic heterocycles. The third kappa shape index (κ3) is 1.41. The van der Waals surface area contributed by atoms with Crippen molar-refractivity contribution in [3.05, 3.63) is 12.2 Å². The molecule has 13 heavy (non-hydrogen) atoms. The molecule has 70 valence electrons. The maximum atomic E-state index is 11.2. The highest BCUT2D eigenvalue weighted by Gasteiger charge is 2.25. The van der Waals surface area contributed by atoms with Crippen LogP contribution in [0, 0.1) is 5.92 Å². The summed E-state index contributed by atoms with van der Waals surface area (Å²) in [5, 5.41) is 7.72. The summed E-state index contributed by atoms with van der Waals surface area (Å²) < 4.78 is 6.60. The number of hydrogen-bond acceptors (Lipinski definition) is 4. The lowest BCUT2D eigenvalue weighted by Gasteiger charge is -2.20. The summed E-state index contributed by atoms with van der Waals surface area (Å²) in [6.45, 7) is 0.648. The van der Waals surface area contributed by atoms with Gasteiger partial charge in [-0.3, -0.25) is 4.79 Å². The van der Waals surface area contributed by atoms with Crippen molar-refractivity contribution in [2.24, 2.45) is 5.92 Å². The molecule has 1 aromatic heterocycles. The van der Waals surface area contributed by atoms with E-state index in [-0.39, 0.29) is 11.9 Å². The zero-order valence-corrected chi connectivity index (χ0v) is 7.43. The Hall–Kier alpha value is -1.39. The van der Waals surface area contributed by atoms with E-state index >= 15 is 0 Å². The molecular formula is C8H11N3O2. The molecule has 5 nitrogen and oxygen atoms in total. The number of hydrogen-bond donors (Lipinski definition) is 0. The van der Waals surface area contributed by atoms with Crippen LogP contribution in [0.2, 0.25) is 0 Å². The first-order chi connectivity index (χ1) is 6.31. The van der Waals surface area contributed by atoms with Crippen molar-refractivity contribution in [1.82, 2.24) is 14.8 Å². The first-order valence-corrected chi connectivity index (χ1v) is 4.26. The summed E-state index contributed by atoms with van der Waals surface area (Å²) in [7, 11) is 1.42. The van der Waals surface area contributed by atoms with Crippen LogP contribution >= 0.6 is 0 Å². The Morgan fingerprint density at radius 1 is 1.77 bits per heavy atom. The molecule has 0 amide bonds. The normalized spacial score (nSPS) is 20.8. The summed E-state index contributed by atoms with van der Waals surface area (Å²) in [5.74, 6) is 0.785. The van der Waals surface area contributed by atoms with E-state index in [1.807, 2.05) is 4.57 Å². The van der Waals surface area contributed by atoms with E-state index in [2.05, 4.69) is 14.9 Å². The van der Waals surface area contributed by atoms with Crippen molar-refractivity contribution in [1.29, 1.82) is 0 Å². The minimum Gasteiger partial charge on any atom is -0.469 e. The van der Waals surface area contributed by atoms with E-state index in [0.29, 0.717) is 6.54 Å². The molecule has 0 N–H and O–H groups in total. The molecule has 0 aliphatic carbocycles. The molecule has 1 aromatic rings. The number of carbonyl (C=O) groups is 1. The second kappa shape index (κ2) is 3.16. The quantitative estimate of drug-likeness (QED) is 0.573. The summed E-state index contributed by atoms with van der Waals surface area (Å²) in [6, 6.07) is 0. The average Bonchev–Trinajstić information content (AvgIpc) is 2.63. The second-order valence-corrected chi connectivity index (χ2v) is 3.16. The van der Waals surface area contributed by atoms with E-state index < -0.39 is 0 Å². The van der Waals surface area contributed by atoms with Crippen LogP contribution in [0.5, 0.6) is 0 Å². The fraction of sp³-hybridized carbons (Fsp3) is 0.625. The van der Waals surface area contributed by atoms with Crippen molar-refractivity contribution in [2.75, 3.05) is 7.11 Å². The maximum absolute atomic E-state index is 11.2. The number of esters is 1. The van der Waals surface area contributed by atoms with Gasteiger partial charge in [-0.25, -0.2) is 0 Å². The average molecular weight is 181 g/mol. The fourth-order valence-electron chi connectivity index (χ4n) is 1.62. The molecule has 0 saturated heterocycles. The zero-order valence-electron chi connectivity index (χ0n) is 7.43. The zero-order chi connectivity index (χ0) is 9.26. The maximum Gasteiger partial charge on any atom is 0.310 e. The van der Waals surface area contributed by atoms with Gasteiger partial charge in [-0.15, -0.1) is 10.2 Å². The number of methoxy groups -OCH3 is 1. The highest BCUT2D eigenvalue weighted by molar-refractivity contribution is 5.72. The minimum atomic E-state index is -0.139. The number of ether oxygens (including phenoxy) is 1. The third-order valence-corrected chi connectivity index (χ3v) is 2.36. The van der Waals surface area contributed by atoms with Crippen LogP contribution in [0.3, 0.4) is 0 Å². The van der Waals surface area contributed by atoms with Crippen molar-refractivity contribution < 1.29 is 9.53 Å². The largest absolute Gasteiger partial charge is 0.469 e. The van der Waals surface area contributed by atoms with Crippen molar-refractivity contribution in [2.45, 2.75) is 19.4 Å². The van der Waals surface area contributed by atoms with Crippen molar-refractivity contribution in [3.8, 4) is 0 Å². The smallest absolute Gasteiger partial charge is 0.310 e. The third-order valence-electron chi connectivity index (χ3n) is 2.36. The van der Waals surface area contributed by atoms with Crippen LogP contribution < -0.4 is 0 Å². The molecule has 1 unspecified atom stereocenters. The van der Waals surface area contributed by atoms with Crippen LogP contribution in [-0.2, 0) is 22.5 Å². The van der Waals surface area contributed by atoms with Gasteiger partial charge in [0, 0.05) is 13.0 Å². The summed E-state index contributed by atoms with van der Waals surface area (Å²) in [4.78, 5) is 11.2. The Labute approximate surface area is 75.7 Å². The predicted octanol–water partition coefficient (Wildman–Crippen LogP) is 0.0135. The van der Waals surface area contributed by atoms with Gasteiger partial charge < -0.3 is 9.30 Å². The molecule has 0 radical (unpaired) electrons. The first kappa shape index (κ1) is 8.22. The van der Waals surface area contributed by atoms with Crippen LogP contribution in [0.1, 0.15) is 12.2 Å². The van der Waals surface area contributed by atoms with Gasteiger partial charge in [0.2, 0.25) is 0 Å². The lowest BCUT2D eigenvalue weighted by atomic mass is 10.00. The van der Waals surface area contributed by atoms with Gasteiger partial charge in [-0.05, 0) is 6.42 Å². The van der Waals surface area contributed by atoms with E-state index in [9.17, 15) is 4.79 Å². The van der Waals surface area contributed by atoms with E-state index in [1.165, 1.54) is 7.11 Å². The Bertz CT molecular complexity index is 321. The SMILES string of the molecule is COC(=O)C1CCc2nncn2C1. The number of carbonyl (C=O) groups excluding carboxylic acids is 1. The molecule has 2 rings (SSSR count). The Morgan fingerprint density at radius 3 is 3.38 bits per heavy atom. The molecular weight excluding hydrogens is 170 g/mol. The Balaban J connectivity index is 2.13. The molecule has 0 spiro atoms. The monoisotopic (exact) mass is 181 g/mol. The van der Waals surface area contributed by atoms with Crippen LogP contribution in [0.15, 0.2) is 6.33 Å². The summed E-state index contributed by atoms with van der Waals surface area (Å²) >= 11 is 0. The van der Waals surface area contributed by atoms with E-state index in [0.717, 1.165) is 18.7 Å². The lowest BCUT2D eigenvalue weighted by Crippen LogP contribution is -2.27. The predicted molar refractivity (Wildman–Crippen MR) is 43.8 cm³/mol. The Kier molecular flexibility index (Phi) is 2.00. The first-order valence-electron chi connectivity index (χ1n) is 4.26. The highest BCUT2D eigenvalue weighted by Crippen LogP contribution is 2.18. The number of aryl methyl sites for hydroxylation is 1. The standard InChI is InChI=1S/C8H11N3O2/c1-13-8(12)6-2-3-7-10-9-5-11(7)4-6/h5-6H,2-4H2,1H3. The number of fused-ring (bicyclic) bond motifs is 1. The summed E-state index contributed by atoms with van der Waals surface area (Å²) in [5.41, 5.74) is 0. The van der Waals surface area contributed by atoms with E-state index in [4.69, 9.17) is 0 Å². The van der Waals surface area contributed by atoms with E-state index in [1.54, 1.807) is 6.33 Å². The molecule has 1 aliphatic rings.